The van der Waals surface area contributed by atoms with Gasteiger partial charge in [0.25, 0.3) is 0 Å². The van der Waals surface area contributed by atoms with E-state index in [1.165, 1.54) is 0 Å². The SMILES string of the molecule is CC/C=C\C[C@H]1CC(=O)C[C@H]1CC(=O)O. The molecule has 0 aromatic heterocycles. The van der Waals surface area contributed by atoms with E-state index in [0.717, 1.165) is 12.8 Å². The highest BCUT2D eigenvalue weighted by molar-refractivity contribution is 5.82. The van der Waals surface area contributed by atoms with E-state index in [1.54, 1.807) is 0 Å². The minimum absolute atomic E-state index is 0.0523. The lowest BCUT2D eigenvalue weighted by Gasteiger charge is -2.14. The molecule has 0 aliphatic heterocycles. The molecule has 15 heavy (non-hydrogen) atoms. The van der Waals surface area contributed by atoms with Gasteiger partial charge < -0.3 is 5.11 Å². The lowest BCUT2D eigenvalue weighted by Crippen LogP contribution is -2.12. The summed E-state index contributed by atoms with van der Waals surface area (Å²) in [7, 11) is 0. The molecule has 1 rings (SSSR count). The fourth-order valence-corrected chi connectivity index (χ4v) is 2.18. The van der Waals surface area contributed by atoms with Crippen LogP contribution in [0.2, 0.25) is 0 Å². The van der Waals surface area contributed by atoms with Crippen molar-refractivity contribution in [1.29, 1.82) is 0 Å². The normalized spacial score (nSPS) is 26.3. The number of allylic oxidation sites excluding steroid dienone is 2. The van der Waals surface area contributed by atoms with E-state index in [4.69, 9.17) is 5.11 Å². The van der Waals surface area contributed by atoms with Crippen molar-refractivity contribution in [2.75, 3.05) is 0 Å². The molecule has 0 spiro atoms. The Hall–Kier alpha value is -1.12. The van der Waals surface area contributed by atoms with Gasteiger partial charge in [0.1, 0.15) is 5.78 Å². The summed E-state index contributed by atoms with van der Waals surface area (Å²) in [4.78, 5) is 21.9. The van der Waals surface area contributed by atoms with Gasteiger partial charge in [-0.25, -0.2) is 0 Å². The van der Waals surface area contributed by atoms with Crippen LogP contribution in [0.3, 0.4) is 0 Å². The summed E-state index contributed by atoms with van der Waals surface area (Å²) in [6, 6.07) is 0. The van der Waals surface area contributed by atoms with Gasteiger partial charge in [0.15, 0.2) is 0 Å². The zero-order valence-corrected chi connectivity index (χ0v) is 9.11. The van der Waals surface area contributed by atoms with E-state index in [-0.39, 0.29) is 24.0 Å². The van der Waals surface area contributed by atoms with Crippen LogP contribution in [0.4, 0.5) is 0 Å². The van der Waals surface area contributed by atoms with Gasteiger partial charge in [-0.05, 0) is 24.7 Å². The second kappa shape index (κ2) is 5.69. The molecular weight excluding hydrogens is 192 g/mol. The quantitative estimate of drug-likeness (QED) is 0.709. The number of Topliss-reactive ketones (excluding diaryl/α,β-unsaturated/α-hetero) is 1. The molecule has 1 aliphatic carbocycles. The minimum atomic E-state index is -0.792. The number of carboxylic acids is 1. The van der Waals surface area contributed by atoms with Crippen LogP contribution in [0.25, 0.3) is 0 Å². The van der Waals surface area contributed by atoms with Crippen LogP contribution in [-0.4, -0.2) is 16.9 Å². The molecule has 0 unspecified atom stereocenters. The van der Waals surface area contributed by atoms with Gasteiger partial charge in [-0.3, -0.25) is 9.59 Å². The van der Waals surface area contributed by atoms with Crippen LogP contribution in [-0.2, 0) is 9.59 Å². The maximum absolute atomic E-state index is 11.3. The third-order valence-electron chi connectivity index (χ3n) is 2.92. The molecular formula is C12H18O3. The summed E-state index contributed by atoms with van der Waals surface area (Å²) in [5, 5.41) is 8.72. The van der Waals surface area contributed by atoms with Crippen LogP contribution in [0.5, 0.6) is 0 Å². The molecule has 3 heteroatoms. The number of carboxylic acid groups (broad SMARTS) is 1. The van der Waals surface area contributed by atoms with E-state index in [2.05, 4.69) is 19.1 Å². The molecule has 0 amide bonds. The highest BCUT2D eigenvalue weighted by Gasteiger charge is 2.33. The van der Waals surface area contributed by atoms with Crippen molar-refractivity contribution in [3.05, 3.63) is 12.2 Å². The van der Waals surface area contributed by atoms with Crippen molar-refractivity contribution >= 4 is 11.8 Å². The summed E-state index contributed by atoms with van der Waals surface area (Å²) < 4.78 is 0. The molecule has 0 radical (unpaired) electrons. The van der Waals surface area contributed by atoms with E-state index < -0.39 is 5.97 Å². The first kappa shape index (κ1) is 12.0. The van der Waals surface area contributed by atoms with Crippen molar-refractivity contribution in [1.82, 2.24) is 0 Å². The summed E-state index contributed by atoms with van der Waals surface area (Å²) in [6.07, 6.45) is 7.12. The molecule has 1 aliphatic rings. The molecule has 0 aromatic carbocycles. The average molecular weight is 210 g/mol. The Morgan fingerprint density at radius 2 is 2.07 bits per heavy atom. The third kappa shape index (κ3) is 3.86. The largest absolute Gasteiger partial charge is 0.481 e. The number of aliphatic carboxylic acids is 1. The zero-order valence-electron chi connectivity index (χ0n) is 9.11. The van der Waals surface area contributed by atoms with E-state index in [1.807, 2.05) is 0 Å². The second-order valence-corrected chi connectivity index (χ2v) is 4.18. The molecule has 0 saturated heterocycles. The Kier molecular flexibility index (Phi) is 4.53. The summed E-state index contributed by atoms with van der Waals surface area (Å²) in [6.45, 7) is 2.06. The van der Waals surface area contributed by atoms with Crippen LogP contribution in [0, 0.1) is 11.8 Å². The minimum Gasteiger partial charge on any atom is -0.481 e. The summed E-state index contributed by atoms with van der Waals surface area (Å²) in [5.41, 5.74) is 0. The Morgan fingerprint density at radius 1 is 1.40 bits per heavy atom. The first-order valence-electron chi connectivity index (χ1n) is 5.52. The van der Waals surface area contributed by atoms with Gasteiger partial charge in [-0.1, -0.05) is 19.1 Å². The van der Waals surface area contributed by atoms with Crippen molar-refractivity contribution in [2.24, 2.45) is 11.8 Å². The standard InChI is InChI=1S/C12H18O3/c1-2-3-4-5-9-6-11(13)7-10(9)8-12(14)15/h3-4,9-10H,2,5-8H2,1H3,(H,14,15)/b4-3-/t9-,10-/m0/s1. The summed E-state index contributed by atoms with van der Waals surface area (Å²) >= 11 is 0. The van der Waals surface area contributed by atoms with Crippen LogP contribution in [0.15, 0.2) is 12.2 Å². The van der Waals surface area contributed by atoms with Gasteiger partial charge in [-0.15, -0.1) is 0 Å². The van der Waals surface area contributed by atoms with Gasteiger partial charge in [0.05, 0.1) is 0 Å². The zero-order chi connectivity index (χ0) is 11.3. The first-order valence-corrected chi connectivity index (χ1v) is 5.52. The van der Waals surface area contributed by atoms with Crippen molar-refractivity contribution in [3.63, 3.8) is 0 Å². The molecule has 1 fully saturated rings. The van der Waals surface area contributed by atoms with Gasteiger partial charge in [-0.2, -0.15) is 0 Å². The van der Waals surface area contributed by atoms with E-state index in [0.29, 0.717) is 12.8 Å². The Labute approximate surface area is 90.2 Å². The average Bonchev–Trinajstić information content (AvgIpc) is 2.46. The van der Waals surface area contributed by atoms with E-state index in [9.17, 15) is 9.59 Å². The number of carbonyl (C=O) groups is 2. The molecule has 0 heterocycles. The highest BCUT2D eigenvalue weighted by Crippen LogP contribution is 2.34. The predicted molar refractivity (Wildman–Crippen MR) is 57.5 cm³/mol. The molecule has 1 saturated carbocycles. The summed E-state index contributed by atoms with van der Waals surface area (Å²) in [5.74, 6) is -0.275. The molecule has 2 atom stereocenters. The number of hydrogen-bond acceptors (Lipinski definition) is 2. The molecule has 0 bridgehead atoms. The molecule has 84 valence electrons. The maximum Gasteiger partial charge on any atom is 0.303 e. The van der Waals surface area contributed by atoms with Crippen molar-refractivity contribution in [2.45, 2.75) is 39.0 Å². The molecule has 1 N–H and O–H groups in total. The maximum atomic E-state index is 11.3. The van der Waals surface area contributed by atoms with Gasteiger partial charge >= 0.3 is 5.97 Å². The highest BCUT2D eigenvalue weighted by atomic mass is 16.4. The number of carbonyl (C=O) groups excluding carboxylic acids is 1. The van der Waals surface area contributed by atoms with Gasteiger partial charge in [0, 0.05) is 19.3 Å². The van der Waals surface area contributed by atoms with Crippen LogP contribution >= 0.6 is 0 Å². The Bertz CT molecular complexity index is 268. The lowest BCUT2D eigenvalue weighted by molar-refractivity contribution is -0.138. The van der Waals surface area contributed by atoms with Crippen molar-refractivity contribution in [3.8, 4) is 0 Å². The Morgan fingerprint density at radius 3 is 2.67 bits per heavy atom. The number of rotatable bonds is 5. The molecule has 0 aromatic rings. The van der Waals surface area contributed by atoms with Gasteiger partial charge in [0.2, 0.25) is 0 Å². The third-order valence-corrected chi connectivity index (χ3v) is 2.92. The van der Waals surface area contributed by atoms with E-state index >= 15 is 0 Å². The Balaban J connectivity index is 2.48. The van der Waals surface area contributed by atoms with Crippen LogP contribution in [0.1, 0.15) is 39.0 Å². The second-order valence-electron chi connectivity index (χ2n) is 4.18. The monoisotopic (exact) mass is 210 g/mol. The fraction of sp³-hybridized carbons (Fsp3) is 0.667. The van der Waals surface area contributed by atoms with Crippen LogP contribution < -0.4 is 0 Å². The smallest absolute Gasteiger partial charge is 0.303 e. The van der Waals surface area contributed by atoms with Crippen molar-refractivity contribution < 1.29 is 14.7 Å². The topological polar surface area (TPSA) is 54.4 Å². The fourth-order valence-electron chi connectivity index (χ4n) is 2.18. The predicted octanol–water partition coefficient (Wildman–Crippen LogP) is 2.41. The lowest BCUT2D eigenvalue weighted by atomic mass is 9.90. The molecule has 3 nitrogen and oxygen atoms in total. The number of hydrogen-bond donors (Lipinski definition) is 1. The number of ketones is 1. The first-order chi connectivity index (χ1) is 7.13.